The van der Waals surface area contributed by atoms with Crippen LogP contribution in [-0.2, 0) is 25.5 Å². The van der Waals surface area contributed by atoms with Gasteiger partial charge in [0.05, 0.1) is 26.7 Å². The van der Waals surface area contributed by atoms with E-state index in [0.717, 1.165) is 24.8 Å². The highest BCUT2D eigenvalue weighted by atomic mass is 16.6. The number of carbonyl (C=O) groups is 2. The van der Waals surface area contributed by atoms with Crippen molar-refractivity contribution in [2.75, 3.05) is 20.8 Å². The summed E-state index contributed by atoms with van der Waals surface area (Å²) >= 11 is 0. The molecule has 0 aliphatic carbocycles. The van der Waals surface area contributed by atoms with Crippen molar-refractivity contribution in [2.45, 2.75) is 122 Å². The minimum Gasteiger partial charge on any atom is -0.504 e. The molecule has 1 aliphatic heterocycles. The lowest BCUT2D eigenvalue weighted by Gasteiger charge is -2.27. The Bertz CT molecular complexity index is 1200. The summed E-state index contributed by atoms with van der Waals surface area (Å²) in [5, 5.41) is 20.2. The van der Waals surface area contributed by atoms with Crippen LogP contribution in [0.15, 0.2) is 36.4 Å². The Morgan fingerprint density at radius 3 is 1.87 bits per heavy atom. The van der Waals surface area contributed by atoms with Crippen molar-refractivity contribution in [3.05, 3.63) is 47.5 Å². The second-order valence-electron chi connectivity index (χ2n) is 12.7. The summed E-state index contributed by atoms with van der Waals surface area (Å²) in [4.78, 5) is 26.1. The molecule has 0 radical (unpaired) electrons. The summed E-state index contributed by atoms with van der Waals surface area (Å²) in [6.45, 7) is 2.36. The number of hydrogen-bond acceptors (Lipinski definition) is 8. The first-order valence-electron chi connectivity index (χ1n) is 17.5. The van der Waals surface area contributed by atoms with Crippen LogP contribution in [0.2, 0.25) is 0 Å². The quantitative estimate of drug-likeness (QED) is 0.0914. The number of phenolic OH excluding ortho intramolecular Hbond substituents is 2. The maximum Gasteiger partial charge on any atom is 0.309 e. The van der Waals surface area contributed by atoms with Gasteiger partial charge in [0.15, 0.2) is 23.0 Å². The van der Waals surface area contributed by atoms with E-state index in [4.69, 9.17) is 18.9 Å². The van der Waals surface area contributed by atoms with Crippen molar-refractivity contribution in [3.63, 3.8) is 0 Å². The maximum atomic E-state index is 13.1. The van der Waals surface area contributed by atoms with E-state index in [-0.39, 0.29) is 35.8 Å². The fourth-order valence-electron chi connectivity index (χ4n) is 6.33. The molecule has 1 saturated heterocycles. The van der Waals surface area contributed by atoms with E-state index in [1.54, 1.807) is 24.3 Å². The first-order valence-corrected chi connectivity index (χ1v) is 17.5. The molecule has 8 heteroatoms. The highest BCUT2D eigenvalue weighted by Gasteiger charge is 2.44. The zero-order chi connectivity index (χ0) is 33.1. The van der Waals surface area contributed by atoms with Crippen LogP contribution < -0.4 is 9.47 Å². The average molecular weight is 641 g/mol. The van der Waals surface area contributed by atoms with Crippen LogP contribution in [0.4, 0.5) is 0 Å². The number of rotatable bonds is 23. The number of unbranched alkanes of at least 4 members (excludes halogenated alkanes) is 14. The molecule has 3 rings (SSSR count). The van der Waals surface area contributed by atoms with Crippen LogP contribution >= 0.6 is 0 Å². The summed E-state index contributed by atoms with van der Waals surface area (Å²) in [7, 11) is 2.93. The Balaban J connectivity index is 1.49. The Morgan fingerprint density at radius 2 is 1.30 bits per heavy atom. The van der Waals surface area contributed by atoms with Gasteiger partial charge in [0.2, 0.25) is 0 Å². The third kappa shape index (κ3) is 12.1. The first kappa shape index (κ1) is 37.0. The lowest BCUT2D eigenvalue weighted by Crippen LogP contribution is -2.28. The van der Waals surface area contributed by atoms with E-state index in [1.165, 1.54) is 103 Å². The number of phenols is 2. The minimum absolute atomic E-state index is 0.0126. The van der Waals surface area contributed by atoms with Crippen molar-refractivity contribution in [3.8, 4) is 23.0 Å². The van der Waals surface area contributed by atoms with E-state index in [0.29, 0.717) is 24.2 Å². The van der Waals surface area contributed by atoms with Gasteiger partial charge in [-0.1, -0.05) is 109 Å². The van der Waals surface area contributed by atoms with E-state index in [1.807, 2.05) is 0 Å². The molecule has 1 fully saturated rings. The minimum atomic E-state index is -0.770. The predicted octanol–water partition coefficient (Wildman–Crippen LogP) is 8.99. The van der Waals surface area contributed by atoms with E-state index in [9.17, 15) is 19.8 Å². The average Bonchev–Trinajstić information content (AvgIpc) is 3.41. The molecule has 2 aromatic rings. The van der Waals surface area contributed by atoms with Crippen molar-refractivity contribution < 1.29 is 38.7 Å². The molecule has 1 aliphatic rings. The van der Waals surface area contributed by atoms with Crippen molar-refractivity contribution in [2.24, 2.45) is 11.8 Å². The van der Waals surface area contributed by atoms with Gasteiger partial charge in [-0.25, -0.2) is 0 Å². The molecule has 46 heavy (non-hydrogen) atoms. The van der Waals surface area contributed by atoms with Gasteiger partial charge in [-0.2, -0.15) is 0 Å². The van der Waals surface area contributed by atoms with Crippen molar-refractivity contribution >= 4 is 11.9 Å². The number of hydrogen-bond donors (Lipinski definition) is 2. The summed E-state index contributed by atoms with van der Waals surface area (Å²) in [6, 6.07) is 9.79. The molecule has 0 amide bonds. The van der Waals surface area contributed by atoms with E-state index < -0.39 is 17.9 Å². The third-order valence-corrected chi connectivity index (χ3v) is 9.10. The van der Waals surface area contributed by atoms with Crippen LogP contribution in [0.5, 0.6) is 23.0 Å². The molecule has 0 aromatic heterocycles. The smallest absolute Gasteiger partial charge is 0.309 e. The zero-order valence-electron chi connectivity index (χ0n) is 28.3. The fourth-order valence-corrected chi connectivity index (χ4v) is 6.33. The van der Waals surface area contributed by atoms with Crippen LogP contribution in [0, 0.1) is 11.8 Å². The molecule has 1 heterocycles. The molecule has 0 saturated carbocycles. The molecular formula is C38H56O8. The Morgan fingerprint density at radius 1 is 0.783 bits per heavy atom. The largest absolute Gasteiger partial charge is 0.504 e. The van der Waals surface area contributed by atoms with Gasteiger partial charge in [0.1, 0.15) is 6.10 Å². The Labute approximate surface area is 275 Å². The van der Waals surface area contributed by atoms with Crippen LogP contribution in [0.25, 0.3) is 0 Å². The SMILES string of the molecule is CCCCCCCCCCCCCCCCCC(=O)OC(c1ccc(O)c(OC)c1)[C@H]1COC(=O)[C@@H]1Cc1ccc(O)c(OC)c1. The number of ether oxygens (including phenoxy) is 4. The van der Waals surface area contributed by atoms with Gasteiger partial charge in [-0.15, -0.1) is 0 Å². The molecule has 0 bridgehead atoms. The number of aromatic hydroxyl groups is 2. The molecule has 256 valence electrons. The summed E-state index contributed by atoms with van der Waals surface area (Å²) < 4.78 is 22.1. The lowest BCUT2D eigenvalue weighted by atomic mass is 9.82. The number of benzene rings is 2. The fraction of sp³-hybridized carbons (Fsp3) is 0.632. The number of carbonyl (C=O) groups excluding carboxylic acids is 2. The number of cyclic esters (lactones) is 1. The predicted molar refractivity (Wildman–Crippen MR) is 179 cm³/mol. The van der Waals surface area contributed by atoms with Crippen LogP contribution in [0.1, 0.15) is 127 Å². The summed E-state index contributed by atoms with van der Waals surface area (Å²) in [5.74, 6) is -1.17. The Kier molecular flexibility index (Phi) is 16.6. The number of methoxy groups -OCH3 is 2. The molecule has 1 unspecified atom stereocenters. The highest BCUT2D eigenvalue weighted by molar-refractivity contribution is 5.76. The normalized spacial score (nSPS) is 16.6. The molecule has 8 nitrogen and oxygen atoms in total. The third-order valence-electron chi connectivity index (χ3n) is 9.10. The molecule has 3 atom stereocenters. The second-order valence-corrected chi connectivity index (χ2v) is 12.7. The van der Waals surface area contributed by atoms with E-state index in [2.05, 4.69) is 6.92 Å². The van der Waals surface area contributed by atoms with Crippen LogP contribution in [0.3, 0.4) is 0 Å². The molecular weight excluding hydrogens is 584 g/mol. The van der Waals surface area contributed by atoms with Gasteiger partial charge in [0, 0.05) is 12.3 Å². The van der Waals surface area contributed by atoms with Crippen molar-refractivity contribution in [1.29, 1.82) is 0 Å². The van der Waals surface area contributed by atoms with E-state index >= 15 is 0 Å². The topological polar surface area (TPSA) is 112 Å². The first-order chi connectivity index (χ1) is 22.4. The van der Waals surface area contributed by atoms with Crippen molar-refractivity contribution in [1.82, 2.24) is 0 Å². The standard InChI is InChI=1S/C38H56O8/c1-4-5-6-7-8-9-10-11-12-13-14-15-16-17-18-19-36(41)46-37(29-21-23-33(40)35(26-29)44-3)31-27-45-38(42)30(31)24-28-20-22-32(39)34(25-28)43-2/h20-23,25-26,30-31,37,39-40H,4-19,24,27H2,1-3H3/t30-,31+,37?/m1/s1. The highest BCUT2D eigenvalue weighted by Crippen LogP contribution is 2.41. The lowest BCUT2D eigenvalue weighted by molar-refractivity contribution is -0.153. The summed E-state index contributed by atoms with van der Waals surface area (Å²) in [6.07, 6.45) is 18.6. The van der Waals surface area contributed by atoms with Gasteiger partial charge in [0.25, 0.3) is 0 Å². The zero-order valence-corrected chi connectivity index (χ0v) is 28.3. The Hall–Kier alpha value is -3.42. The van der Waals surface area contributed by atoms with Gasteiger partial charge < -0.3 is 29.2 Å². The monoisotopic (exact) mass is 640 g/mol. The summed E-state index contributed by atoms with van der Waals surface area (Å²) in [5.41, 5.74) is 1.41. The number of esters is 2. The van der Waals surface area contributed by atoms with Gasteiger partial charge >= 0.3 is 11.9 Å². The molecule has 0 spiro atoms. The maximum absolute atomic E-state index is 13.1. The van der Waals surface area contributed by atoms with Gasteiger partial charge in [-0.05, 0) is 48.2 Å². The second kappa shape index (κ2) is 20.7. The molecule has 2 N–H and O–H groups in total. The molecule has 2 aromatic carbocycles. The van der Waals surface area contributed by atoms with Crippen LogP contribution in [-0.4, -0.2) is 43.0 Å². The van der Waals surface area contributed by atoms with Gasteiger partial charge in [-0.3, -0.25) is 9.59 Å².